The van der Waals surface area contributed by atoms with Crippen molar-refractivity contribution in [2.24, 2.45) is 0 Å². The number of hydrogen-bond donors (Lipinski definition) is 3. The van der Waals surface area contributed by atoms with Crippen LogP contribution < -0.4 is 10.6 Å². The Morgan fingerprint density at radius 3 is 1.94 bits per heavy atom. The zero-order valence-electron chi connectivity index (χ0n) is 29.6. The second kappa shape index (κ2) is 17.8. The van der Waals surface area contributed by atoms with Crippen molar-refractivity contribution in [2.45, 2.75) is 124 Å². The summed E-state index contributed by atoms with van der Waals surface area (Å²) < 4.78 is 11.1. The molecule has 0 fully saturated rings. The van der Waals surface area contributed by atoms with E-state index in [0.717, 1.165) is 36.0 Å². The first kappa shape index (κ1) is 39.3. The number of ether oxygens (including phenoxy) is 2. The number of unbranched alkanes of at least 4 members (excludes halogenated alkanes) is 3. The smallest absolute Gasteiger partial charge is 0.408 e. The molecular formula is C37H55N3O7. The molecule has 3 atom stereocenters. The van der Waals surface area contributed by atoms with E-state index in [1.807, 2.05) is 62.4 Å². The van der Waals surface area contributed by atoms with Crippen molar-refractivity contribution in [3.63, 3.8) is 0 Å². The highest BCUT2D eigenvalue weighted by molar-refractivity contribution is 5.94. The monoisotopic (exact) mass is 653 g/mol. The number of benzene rings is 2. The fourth-order valence-electron chi connectivity index (χ4n) is 5.22. The minimum absolute atomic E-state index is 0.172. The van der Waals surface area contributed by atoms with E-state index in [0.29, 0.717) is 12.0 Å². The number of alkyl carbamates (subject to hydrolysis) is 1. The predicted octanol–water partition coefficient (Wildman–Crippen LogP) is 5.71. The van der Waals surface area contributed by atoms with Crippen molar-refractivity contribution in [3.8, 4) is 0 Å². The maximum Gasteiger partial charge on any atom is 0.408 e. The van der Waals surface area contributed by atoms with Gasteiger partial charge in [0.1, 0.15) is 29.3 Å². The Morgan fingerprint density at radius 2 is 1.40 bits per heavy atom. The third-order valence-electron chi connectivity index (χ3n) is 7.12. The second-order valence-electron chi connectivity index (χ2n) is 14.1. The van der Waals surface area contributed by atoms with Crippen LogP contribution in [-0.2, 0) is 30.3 Å². The molecule has 0 saturated heterocycles. The fraction of sp³-hybridized carbons (Fsp3) is 0.568. The summed E-state index contributed by atoms with van der Waals surface area (Å²) >= 11 is 0. The molecule has 10 nitrogen and oxygen atoms in total. The lowest BCUT2D eigenvalue weighted by atomic mass is 9.97. The number of carbonyl (C=O) groups is 4. The van der Waals surface area contributed by atoms with Crippen LogP contribution in [0.5, 0.6) is 0 Å². The molecule has 0 heterocycles. The number of nitrogens with one attached hydrogen (secondary N) is 2. The van der Waals surface area contributed by atoms with Crippen LogP contribution in [0.4, 0.5) is 4.79 Å². The zero-order valence-corrected chi connectivity index (χ0v) is 29.6. The number of amides is 3. The highest BCUT2D eigenvalue weighted by Crippen LogP contribution is 2.26. The summed E-state index contributed by atoms with van der Waals surface area (Å²) in [4.78, 5) is 56.3. The number of nitrogens with zero attached hydrogens (tertiary/aromatic N) is 1. The van der Waals surface area contributed by atoms with Crippen LogP contribution in [0.1, 0.15) is 102 Å². The number of rotatable bonds is 15. The number of aryl methyl sites for hydroxylation is 2. The molecular weight excluding hydrogens is 598 g/mol. The van der Waals surface area contributed by atoms with Crippen molar-refractivity contribution in [2.75, 3.05) is 13.2 Å². The Bertz CT molecular complexity index is 1310. The average molecular weight is 654 g/mol. The van der Waals surface area contributed by atoms with Crippen LogP contribution in [0.25, 0.3) is 0 Å². The van der Waals surface area contributed by atoms with Gasteiger partial charge in [0, 0.05) is 13.0 Å². The predicted molar refractivity (Wildman–Crippen MR) is 183 cm³/mol. The van der Waals surface area contributed by atoms with Gasteiger partial charge in [0.2, 0.25) is 11.8 Å². The van der Waals surface area contributed by atoms with Gasteiger partial charge < -0.3 is 30.1 Å². The first-order valence-electron chi connectivity index (χ1n) is 16.5. The number of aliphatic hydroxyl groups is 1. The van der Waals surface area contributed by atoms with Crippen LogP contribution in [-0.4, -0.2) is 70.3 Å². The molecule has 260 valence electrons. The molecule has 2 aromatic carbocycles. The minimum Gasteiger partial charge on any atom is -0.458 e. The number of aliphatic hydroxyl groups excluding tert-OH is 1. The molecule has 0 aliphatic rings. The van der Waals surface area contributed by atoms with Gasteiger partial charge in [-0.15, -0.1) is 0 Å². The van der Waals surface area contributed by atoms with Gasteiger partial charge in [0.15, 0.2) is 0 Å². The summed E-state index contributed by atoms with van der Waals surface area (Å²) in [5.74, 6) is -1.83. The van der Waals surface area contributed by atoms with Gasteiger partial charge in [-0.1, -0.05) is 85.8 Å². The molecule has 0 aliphatic carbocycles. The van der Waals surface area contributed by atoms with E-state index in [1.54, 1.807) is 41.5 Å². The Kier molecular flexibility index (Phi) is 14.9. The Labute approximate surface area is 280 Å². The van der Waals surface area contributed by atoms with Gasteiger partial charge in [0.25, 0.3) is 0 Å². The van der Waals surface area contributed by atoms with E-state index in [2.05, 4.69) is 17.6 Å². The minimum atomic E-state index is -1.37. The average Bonchev–Trinajstić information content (AvgIpc) is 2.95. The highest BCUT2D eigenvalue weighted by Gasteiger charge is 2.38. The van der Waals surface area contributed by atoms with Crippen LogP contribution in [0, 0.1) is 13.8 Å². The normalized spacial score (nSPS) is 13.6. The summed E-state index contributed by atoms with van der Waals surface area (Å²) in [5, 5.41) is 15.7. The van der Waals surface area contributed by atoms with Crippen LogP contribution in [0.15, 0.2) is 48.5 Å². The number of hydrogen-bond acceptors (Lipinski definition) is 7. The highest BCUT2D eigenvalue weighted by atomic mass is 16.6. The molecule has 0 spiro atoms. The van der Waals surface area contributed by atoms with Gasteiger partial charge in [-0.25, -0.2) is 9.59 Å². The van der Waals surface area contributed by atoms with Crippen LogP contribution in [0.3, 0.4) is 0 Å². The van der Waals surface area contributed by atoms with E-state index >= 15 is 0 Å². The third kappa shape index (κ3) is 13.8. The molecule has 0 radical (unpaired) electrons. The standard InChI is InChI=1S/C37H55N3O7/c1-10-11-12-16-19-40(33(43)30(24-41)39-35(45)47-37(7,8)9)31(28-21-25(2)20-26(3)22-28)32(42)38-29(34(44)46-36(4,5)6)23-27-17-14-13-15-18-27/h13-15,17-18,20-22,29-31,41H,10-12,16,19,23-24H2,1-9H3,(H,38,42)(H,39,45). The molecule has 3 amide bonds. The van der Waals surface area contributed by atoms with Crippen molar-refractivity contribution in [1.82, 2.24) is 15.5 Å². The van der Waals surface area contributed by atoms with Crippen molar-refractivity contribution >= 4 is 23.9 Å². The molecule has 0 bridgehead atoms. The van der Waals surface area contributed by atoms with Crippen molar-refractivity contribution in [1.29, 1.82) is 0 Å². The van der Waals surface area contributed by atoms with Crippen LogP contribution in [0.2, 0.25) is 0 Å². The summed E-state index contributed by atoms with van der Waals surface area (Å²) in [5.41, 5.74) is 1.50. The van der Waals surface area contributed by atoms with Crippen molar-refractivity contribution in [3.05, 3.63) is 70.8 Å². The first-order chi connectivity index (χ1) is 21.9. The van der Waals surface area contributed by atoms with E-state index < -0.39 is 59.8 Å². The summed E-state index contributed by atoms with van der Waals surface area (Å²) in [6.45, 7) is 15.7. The maximum atomic E-state index is 14.5. The molecule has 0 saturated carbocycles. The molecule has 0 aliphatic heterocycles. The lowest BCUT2D eigenvalue weighted by Gasteiger charge is -2.35. The second-order valence-corrected chi connectivity index (χ2v) is 14.1. The molecule has 3 unspecified atom stereocenters. The summed E-state index contributed by atoms with van der Waals surface area (Å²) in [6.07, 6.45) is 2.59. The zero-order chi connectivity index (χ0) is 35.4. The van der Waals surface area contributed by atoms with Gasteiger partial charge >= 0.3 is 12.1 Å². The fourth-order valence-corrected chi connectivity index (χ4v) is 5.22. The van der Waals surface area contributed by atoms with Gasteiger partial charge in [-0.3, -0.25) is 9.59 Å². The molecule has 47 heavy (non-hydrogen) atoms. The lowest BCUT2D eigenvalue weighted by molar-refractivity contribution is -0.159. The third-order valence-corrected chi connectivity index (χ3v) is 7.12. The SMILES string of the molecule is CCCCCCN(C(=O)C(CO)NC(=O)OC(C)(C)C)C(C(=O)NC(Cc1ccccc1)C(=O)OC(C)(C)C)c1cc(C)cc(C)c1. The molecule has 0 aromatic heterocycles. The Hall–Kier alpha value is -3.92. The Balaban J connectivity index is 2.62. The summed E-state index contributed by atoms with van der Waals surface area (Å²) in [6, 6.07) is 11.3. The van der Waals surface area contributed by atoms with E-state index in [4.69, 9.17) is 9.47 Å². The molecule has 2 aromatic rings. The Morgan fingerprint density at radius 1 is 0.809 bits per heavy atom. The first-order valence-corrected chi connectivity index (χ1v) is 16.5. The number of esters is 1. The van der Waals surface area contributed by atoms with Gasteiger partial charge in [0.05, 0.1) is 6.61 Å². The van der Waals surface area contributed by atoms with E-state index in [-0.39, 0.29) is 13.0 Å². The van der Waals surface area contributed by atoms with Crippen molar-refractivity contribution < 1.29 is 33.8 Å². The lowest BCUT2D eigenvalue weighted by Crippen LogP contribution is -2.56. The summed E-state index contributed by atoms with van der Waals surface area (Å²) in [7, 11) is 0. The molecule has 3 N–H and O–H groups in total. The quantitative estimate of drug-likeness (QED) is 0.166. The molecule has 2 rings (SSSR count). The maximum absolute atomic E-state index is 14.5. The van der Waals surface area contributed by atoms with Gasteiger partial charge in [-0.05, 0) is 72.9 Å². The topological polar surface area (TPSA) is 134 Å². The van der Waals surface area contributed by atoms with Gasteiger partial charge in [-0.2, -0.15) is 0 Å². The van der Waals surface area contributed by atoms with E-state index in [9.17, 15) is 24.3 Å². The number of carbonyl (C=O) groups excluding carboxylic acids is 4. The van der Waals surface area contributed by atoms with E-state index in [1.165, 1.54) is 4.90 Å². The molecule has 10 heteroatoms. The largest absolute Gasteiger partial charge is 0.458 e. The van der Waals surface area contributed by atoms with Crippen LogP contribution >= 0.6 is 0 Å².